The summed E-state index contributed by atoms with van der Waals surface area (Å²) in [6, 6.07) is 0. The van der Waals surface area contributed by atoms with Crippen LogP contribution < -0.4 is 0 Å². The molecule has 14 heavy (non-hydrogen) atoms. The third kappa shape index (κ3) is 1.27. The molecule has 0 fully saturated rings. The van der Waals surface area contributed by atoms with Crippen LogP contribution >= 0.6 is 0 Å². The SMILES string of the molecule is CCn1c(C(C)C)nc2cncnc21. The Morgan fingerprint density at radius 2 is 2.21 bits per heavy atom. The molecule has 0 aliphatic heterocycles. The van der Waals surface area contributed by atoms with E-state index in [9.17, 15) is 0 Å². The van der Waals surface area contributed by atoms with Crippen LogP contribution in [0.5, 0.6) is 0 Å². The highest BCUT2D eigenvalue weighted by molar-refractivity contribution is 5.70. The van der Waals surface area contributed by atoms with Gasteiger partial charge in [-0.3, -0.25) is 0 Å². The van der Waals surface area contributed by atoms with Gasteiger partial charge in [0.15, 0.2) is 5.65 Å². The summed E-state index contributed by atoms with van der Waals surface area (Å²) in [6.45, 7) is 7.29. The van der Waals surface area contributed by atoms with Crippen molar-refractivity contribution in [3.63, 3.8) is 0 Å². The number of imidazole rings is 1. The van der Waals surface area contributed by atoms with E-state index >= 15 is 0 Å². The highest BCUT2D eigenvalue weighted by Gasteiger charge is 2.12. The van der Waals surface area contributed by atoms with Gasteiger partial charge in [0.2, 0.25) is 0 Å². The van der Waals surface area contributed by atoms with Crippen molar-refractivity contribution >= 4 is 11.2 Å². The van der Waals surface area contributed by atoms with Crippen LogP contribution in [0.4, 0.5) is 0 Å². The van der Waals surface area contributed by atoms with Crippen molar-refractivity contribution in [2.24, 2.45) is 0 Å². The van der Waals surface area contributed by atoms with Crippen molar-refractivity contribution in [1.29, 1.82) is 0 Å². The first-order chi connectivity index (χ1) is 6.74. The Morgan fingerprint density at radius 3 is 2.86 bits per heavy atom. The standard InChI is InChI=1S/C10H14N4/c1-4-14-9(7(2)3)13-8-5-11-6-12-10(8)14/h5-7H,4H2,1-3H3. The van der Waals surface area contributed by atoms with Crippen molar-refractivity contribution < 1.29 is 0 Å². The summed E-state index contributed by atoms with van der Waals surface area (Å²) in [4.78, 5) is 12.7. The van der Waals surface area contributed by atoms with Gasteiger partial charge in [0.1, 0.15) is 17.7 Å². The van der Waals surface area contributed by atoms with Gasteiger partial charge in [-0.2, -0.15) is 0 Å². The van der Waals surface area contributed by atoms with E-state index in [4.69, 9.17) is 0 Å². The minimum absolute atomic E-state index is 0.421. The van der Waals surface area contributed by atoms with Gasteiger partial charge in [0, 0.05) is 12.5 Å². The zero-order valence-corrected chi connectivity index (χ0v) is 8.73. The molecule has 74 valence electrons. The molecule has 0 saturated heterocycles. The van der Waals surface area contributed by atoms with E-state index in [1.165, 1.54) is 0 Å². The van der Waals surface area contributed by atoms with Crippen LogP contribution in [0, 0.1) is 0 Å². The Kier molecular flexibility index (Phi) is 2.19. The summed E-state index contributed by atoms with van der Waals surface area (Å²) in [5.41, 5.74) is 1.82. The molecule has 4 heteroatoms. The van der Waals surface area contributed by atoms with E-state index in [0.717, 1.165) is 23.5 Å². The number of nitrogens with zero attached hydrogens (tertiary/aromatic N) is 4. The normalized spacial score (nSPS) is 11.4. The van der Waals surface area contributed by atoms with E-state index in [1.807, 2.05) is 0 Å². The summed E-state index contributed by atoms with van der Waals surface area (Å²) < 4.78 is 2.14. The van der Waals surface area contributed by atoms with Crippen molar-refractivity contribution in [2.75, 3.05) is 0 Å². The maximum Gasteiger partial charge on any atom is 0.163 e. The fourth-order valence-corrected chi connectivity index (χ4v) is 1.65. The maximum absolute atomic E-state index is 4.52. The molecule has 2 aromatic rings. The monoisotopic (exact) mass is 190 g/mol. The smallest absolute Gasteiger partial charge is 0.163 e. The molecule has 0 bridgehead atoms. The van der Waals surface area contributed by atoms with E-state index < -0.39 is 0 Å². The molecular formula is C10H14N4. The molecule has 0 unspecified atom stereocenters. The van der Waals surface area contributed by atoms with Crippen LogP contribution in [0.1, 0.15) is 32.5 Å². The molecule has 0 saturated carbocycles. The summed E-state index contributed by atoms with van der Waals surface area (Å²) in [7, 11) is 0. The average molecular weight is 190 g/mol. The molecule has 0 amide bonds. The van der Waals surface area contributed by atoms with E-state index in [1.54, 1.807) is 12.5 Å². The fraction of sp³-hybridized carbons (Fsp3) is 0.500. The molecule has 0 radical (unpaired) electrons. The number of fused-ring (bicyclic) bond motifs is 1. The second-order valence-corrected chi connectivity index (χ2v) is 3.60. The lowest BCUT2D eigenvalue weighted by Crippen LogP contribution is -2.03. The van der Waals surface area contributed by atoms with Crippen LogP contribution in [0.3, 0.4) is 0 Å². The lowest BCUT2D eigenvalue weighted by atomic mass is 10.2. The second kappa shape index (κ2) is 3.36. The van der Waals surface area contributed by atoms with Crippen LogP contribution in [0.2, 0.25) is 0 Å². The molecule has 0 aliphatic rings. The number of aromatic nitrogens is 4. The van der Waals surface area contributed by atoms with Gasteiger partial charge in [-0.15, -0.1) is 0 Å². The Bertz CT molecular complexity index is 444. The molecule has 0 spiro atoms. The van der Waals surface area contributed by atoms with Crippen molar-refractivity contribution in [1.82, 2.24) is 19.5 Å². The minimum Gasteiger partial charge on any atom is -0.313 e. The number of hydrogen-bond donors (Lipinski definition) is 0. The largest absolute Gasteiger partial charge is 0.313 e. The molecular weight excluding hydrogens is 176 g/mol. The fourth-order valence-electron chi connectivity index (χ4n) is 1.65. The summed E-state index contributed by atoms with van der Waals surface area (Å²) in [5.74, 6) is 1.51. The van der Waals surface area contributed by atoms with Gasteiger partial charge in [0.05, 0.1) is 6.20 Å². The lowest BCUT2D eigenvalue weighted by molar-refractivity contribution is 0.662. The Morgan fingerprint density at radius 1 is 1.43 bits per heavy atom. The highest BCUT2D eigenvalue weighted by atomic mass is 15.1. The predicted octanol–water partition coefficient (Wildman–Crippen LogP) is 1.97. The second-order valence-electron chi connectivity index (χ2n) is 3.60. The van der Waals surface area contributed by atoms with Crippen LogP contribution in [0.15, 0.2) is 12.5 Å². The highest BCUT2D eigenvalue weighted by Crippen LogP contribution is 2.18. The third-order valence-corrected chi connectivity index (χ3v) is 2.27. The van der Waals surface area contributed by atoms with Gasteiger partial charge >= 0.3 is 0 Å². The van der Waals surface area contributed by atoms with Gasteiger partial charge < -0.3 is 4.57 Å². The first-order valence-electron chi connectivity index (χ1n) is 4.90. The topological polar surface area (TPSA) is 43.6 Å². The molecule has 2 heterocycles. The summed E-state index contributed by atoms with van der Waals surface area (Å²) >= 11 is 0. The van der Waals surface area contributed by atoms with Crippen molar-refractivity contribution in [3.05, 3.63) is 18.3 Å². The zero-order chi connectivity index (χ0) is 10.1. The average Bonchev–Trinajstić information content (AvgIpc) is 2.56. The van der Waals surface area contributed by atoms with Crippen molar-refractivity contribution in [2.45, 2.75) is 33.2 Å². The summed E-state index contributed by atoms with van der Waals surface area (Å²) in [6.07, 6.45) is 3.33. The maximum atomic E-state index is 4.52. The predicted molar refractivity (Wildman–Crippen MR) is 55.1 cm³/mol. The molecule has 0 N–H and O–H groups in total. The van der Waals surface area contributed by atoms with Gasteiger partial charge in [-0.05, 0) is 6.92 Å². The first kappa shape index (κ1) is 9.12. The van der Waals surface area contributed by atoms with Gasteiger partial charge in [0.25, 0.3) is 0 Å². The molecule has 4 nitrogen and oxygen atoms in total. The molecule has 0 atom stereocenters. The quantitative estimate of drug-likeness (QED) is 0.727. The number of rotatable bonds is 2. The van der Waals surface area contributed by atoms with Crippen LogP contribution in [0.25, 0.3) is 11.2 Å². The molecule has 0 aliphatic carbocycles. The number of hydrogen-bond acceptors (Lipinski definition) is 3. The summed E-state index contributed by atoms with van der Waals surface area (Å²) in [5, 5.41) is 0. The van der Waals surface area contributed by atoms with Crippen LogP contribution in [-0.2, 0) is 6.54 Å². The third-order valence-electron chi connectivity index (χ3n) is 2.27. The van der Waals surface area contributed by atoms with E-state index in [2.05, 4.69) is 40.3 Å². The Labute approximate surface area is 83.0 Å². The Balaban J connectivity index is 2.72. The van der Waals surface area contributed by atoms with Crippen LogP contribution in [-0.4, -0.2) is 19.5 Å². The molecule has 2 rings (SSSR count). The first-order valence-corrected chi connectivity index (χ1v) is 4.90. The molecule has 0 aromatic carbocycles. The zero-order valence-electron chi connectivity index (χ0n) is 8.73. The van der Waals surface area contributed by atoms with Crippen molar-refractivity contribution in [3.8, 4) is 0 Å². The van der Waals surface area contributed by atoms with Gasteiger partial charge in [-0.25, -0.2) is 15.0 Å². The lowest BCUT2D eigenvalue weighted by Gasteiger charge is -2.07. The van der Waals surface area contributed by atoms with E-state index in [0.29, 0.717) is 5.92 Å². The van der Waals surface area contributed by atoms with E-state index in [-0.39, 0.29) is 0 Å². The van der Waals surface area contributed by atoms with Gasteiger partial charge in [-0.1, -0.05) is 13.8 Å². The number of aryl methyl sites for hydroxylation is 1. The molecule has 2 aromatic heterocycles. The Hall–Kier alpha value is -1.45. The minimum atomic E-state index is 0.421.